The third kappa shape index (κ3) is 3.57. The number of hydrogen-bond donors (Lipinski definition) is 1. The van der Waals surface area contributed by atoms with Gasteiger partial charge in [-0.1, -0.05) is 35.9 Å². The number of hydrogen-bond acceptors (Lipinski definition) is 6. The van der Waals surface area contributed by atoms with Gasteiger partial charge in [0.1, 0.15) is 0 Å². The number of Topliss-reactive ketones (excluding diaryl/α,β-unsaturated/α-hetero) is 1. The van der Waals surface area contributed by atoms with Crippen molar-refractivity contribution in [3.8, 4) is 18.4 Å². The van der Waals surface area contributed by atoms with Crippen molar-refractivity contribution in [3.05, 3.63) is 61.8 Å². The molecule has 6 nitrogen and oxygen atoms in total. The fourth-order valence-corrected chi connectivity index (χ4v) is 3.59. The third-order valence-electron chi connectivity index (χ3n) is 3.77. The van der Waals surface area contributed by atoms with Crippen LogP contribution in [0.2, 0.25) is 0 Å². The molecule has 7 heteroatoms. The van der Waals surface area contributed by atoms with Crippen LogP contribution >= 0.6 is 11.8 Å². The lowest BCUT2D eigenvalue weighted by molar-refractivity contribution is -0.385. The zero-order valence-corrected chi connectivity index (χ0v) is 14.5. The number of allylic oxidation sites excluding steroid dienone is 3. The molecular formula is C18H15N3O3S. The van der Waals surface area contributed by atoms with E-state index >= 15 is 0 Å². The average molecular weight is 353 g/mol. The molecule has 25 heavy (non-hydrogen) atoms. The van der Waals surface area contributed by atoms with Crippen molar-refractivity contribution in [3.63, 3.8) is 0 Å². The van der Waals surface area contributed by atoms with E-state index in [2.05, 4.69) is 17.3 Å². The van der Waals surface area contributed by atoms with Crippen molar-refractivity contribution in [2.75, 3.05) is 5.75 Å². The Bertz CT molecular complexity index is 888. The van der Waals surface area contributed by atoms with Gasteiger partial charge in [0.25, 0.3) is 5.69 Å². The number of nitrogens with one attached hydrogen (secondary N) is 1. The summed E-state index contributed by atoms with van der Waals surface area (Å²) in [6.45, 7) is 3.10. The van der Waals surface area contributed by atoms with Gasteiger partial charge in [-0.3, -0.25) is 14.9 Å². The number of dihydropyridines is 1. The fourth-order valence-electron chi connectivity index (χ4n) is 2.82. The Morgan fingerprint density at radius 1 is 1.48 bits per heavy atom. The molecule has 1 aliphatic heterocycles. The minimum atomic E-state index is -0.800. The molecule has 0 fully saturated rings. The van der Waals surface area contributed by atoms with Crippen molar-refractivity contribution in [1.29, 1.82) is 5.26 Å². The monoisotopic (exact) mass is 353 g/mol. The minimum Gasteiger partial charge on any atom is -0.353 e. The van der Waals surface area contributed by atoms with Gasteiger partial charge in [0, 0.05) is 22.9 Å². The first kappa shape index (κ1) is 18.3. The standard InChI is InChI=1S/C18H15N3O3S/c1-4-9-25-18-14(10-19)17(16(12(3)22)11(2)20-18)13-7-5-6-8-15(13)21(23)24/h1,5-8,17,20H,9H2,2-3H3/t17-/m1/s1. The number of carbonyl (C=O) groups excluding carboxylic acids is 1. The van der Waals surface area contributed by atoms with Crippen LogP contribution in [0.15, 0.2) is 46.1 Å². The topological polar surface area (TPSA) is 96.0 Å². The van der Waals surface area contributed by atoms with Gasteiger partial charge in [-0.25, -0.2) is 0 Å². The first-order valence-electron chi connectivity index (χ1n) is 7.34. The van der Waals surface area contributed by atoms with E-state index in [1.165, 1.54) is 24.8 Å². The zero-order valence-electron chi connectivity index (χ0n) is 13.7. The van der Waals surface area contributed by atoms with Crippen molar-refractivity contribution in [2.45, 2.75) is 19.8 Å². The Labute approximate surface area is 149 Å². The van der Waals surface area contributed by atoms with E-state index in [1.54, 1.807) is 25.1 Å². The Morgan fingerprint density at radius 2 is 2.16 bits per heavy atom. The van der Waals surface area contributed by atoms with Crippen molar-refractivity contribution in [1.82, 2.24) is 5.32 Å². The average Bonchev–Trinajstić information content (AvgIpc) is 2.58. The summed E-state index contributed by atoms with van der Waals surface area (Å²) in [5, 5.41) is 24.7. The Morgan fingerprint density at radius 3 is 2.72 bits per heavy atom. The molecule has 1 N–H and O–H groups in total. The molecule has 1 aliphatic rings. The van der Waals surface area contributed by atoms with E-state index in [9.17, 15) is 20.2 Å². The molecule has 0 amide bonds. The van der Waals surface area contributed by atoms with Crippen molar-refractivity contribution < 1.29 is 9.72 Å². The van der Waals surface area contributed by atoms with Crippen LogP contribution in [0.3, 0.4) is 0 Å². The molecule has 1 aromatic carbocycles. The van der Waals surface area contributed by atoms with E-state index in [-0.39, 0.29) is 17.0 Å². The van der Waals surface area contributed by atoms with E-state index in [4.69, 9.17) is 6.42 Å². The van der Waals surface area contributed by atoms with Gasteiger partial charge in [-0.05, 0) is 13.8 Å². The molecule has 0 spiro atoms. The summed E-state index contributed by atoms with van der Waals surface area (Å²) < 4.78 is 0. The second kappa shape index (κ2) is 7.69. The largest absolute Gasteiger partial charge is 0.353 e. The van der Waals surface area contributed by atoms with Crippen LogP contribution < -0.4 is 5.32 Å². The van der Waals surface area contributed by atoms with Gasteiger partial charge in [-0.15, -0.1) is 6.42 Å². The van der Waals surface area contributed by atoms with E-state index in [1.807, 2.05) is 0 Å². The fraction of sp³-hybridized carbons (Fsp3) is 0.222. The maximum Gasteiger partial charge on any atom is 0.273 e. The summed E-state index contributed by atoms with van der Waals surface area (Å²) in [4.78, 5) is 23.1. The summed E-state index contributed by atoms with van der Waals surface area (Å²) in [6.07, 6.45) is 5.29. The molecule has 0 radical (unpaired) electrons. The predicted octanol–water partition coefficient (Wildman–Crippen LogP) is 3.25. The van der Waals surface area contributed by atoms with Crippen LogP contribution in [0, 0.1) is 33.8 Å². The number of thioether (sulfide) groups is 1. The highest BCUT2D eigenvalue weighted by Crippen LogP contribution is 2.43. The highest BCUT2D eigenvalue weighted by Gasteiger charge is 2.36. The van der Waals surface area contributed by atoms with Crippen molar-refractivity contribution in [2.24, 2.45) is 0 Å². The van der Waals surface area contributed by atoms with Crippen LogP contribution in [-0.2, 0) is 4.79 Å². The number of nitriles is 1. The Balaban J connectivity index is 2.75. The molecule has 2 rings (SSSR count). The Hall–Kier alpha value is -3.03. The molecule has 126 valence electrons. The van der Waals surface area contributed by atoms with E-state index < -0.39 is 10.8 Å². The number of benzene rings is 1. The summed E-state index contributed by atoms with van der Waals surface area (Å²) in [7, 11) is 0. The first-order valence-corrected chi connectivity index (χ1v) is 8.33. The second-order valence-electron chi connectivity index (χ2n) is 5.32. The molecule has 0 bridgehead atoms. The predicted molar refractivity (Wildman–Crippen MR) is 96.3 cm³/mol. The molecule has 0 aliphatic carbocycles. The lowest BCUT2D eigenvalue weighted by Crippen LogP contribution is -2.27. The molecule has 0 unspecified atom stereocenters. The van der Waals surface area contributed by atoms with Crippen LogP contribution in [0.1, 0.15) is 25.3 Å². The van der Waals surface area contributed by atoms with Crippen LogP contribution in [0.25, 0.3) is 0 Å². The maximum atomic E-state index is 12.2. The van der Waals surface area contributed by atoms with Crippen LogP contribution in [0.5, 0.6) is 0 Å². The molecule has 0 saturated carbocycles. The van der Waals surface area contributed by atoms with Gasteiger partial charge < -0.3 is 5.32 Å². The summed E-state index contributed by atoms with van der Waals surface area (Å²) in [5.41, 5.74) is 1.35. The summed E-state index contributed by atoms with van der Waals surface area (Å²) in [6, 6.07) is 8.25. The highest BCUT2D eigenvalue weighted by atomic mass is 32.2. The lowest BCUT2D eigenvalue weighted by atomic mass is 9.80. The van der Waals surface area contributed by atoms with Gasteiger partial charge in [0.15, 0.2) is 5.78 Å². The zero-order chi connectivity index (χ0) is 18.6. The van der Waals surface area contributed by atoms with E-state index in [0.29, 0.717) is 27.6 Å². The normalized spacial score (nSPS) is 16.7. The smallest absolute Gasteiger partial charge is 0.273 e. The number of nitro benzene ring substituents is 1. The lowest BCUT2D eigenvalue weighted by Gasteiger charge is -2.28. The molecule has 0 aromatic heterocycles. The maximum absolute atomic E-state index is 12.2. The molecule has 1 heterocycles. The number of nitrogens with zero attached hydrogens (tertiary/aromatic N) is 2. The van der Waals surface area contributed by atoms with E-state index in [0.717, 1.165) is 0 Å². The number of nitro groups is 1. The number of rotatable bonds is 5. The first-order chi connectivity index (χ1) is 11.9. The van der Waals surface area contributed by atoms with Gasteiger partial charge in [0.2, 0.25) is 0 Å². The SMILES string of the molecule is C#CCSC1=C(C#N)[C@@H](c2ccccc2[N+](=O)[O-])C(C(C)=O)=C(C)N1. The number of terminal acetylenes is 1. The van der Waals surface area contributed by atoms with Crippen LogP contribution in [0.4, 0.5) is 5.69 Å². The van der Waals surface area contributed by atoms with Crippen LogP contribution in [-0.4, -0.2) is 16.5 Å². The molecule has 1 aromatic rings. The number of ketones is 1. The second-order valence-corrected chi connectivity index (χ2v) is 6.30. The number of carbonyl (C=O) groups is 1. The Kier molecular flexibility index (Phi) is 5.63. The third-order valence-corrected chi connectivity index (χ3v) is 4.69. The minimum absolute atomic E-state index is 0.130. The number of para-hydroxylation sites is 1. The molecular weight excluding hydrogens is 338 g/mol. The van der Waals surface area contributed by atoms with Crippen molar-refractivity contribution >= 4 is 23.2 Å². The summed E-state index contributed by atoms with van der Waals surface area (Å²) >= 11 is 1.25. The summed E-state index contributed by atoms with van der Waals surface area (Å²) in [5.74, 6) is 1.77. The highest BCUT2D eigenvalue weighted by molar-refractivity contribution is 8.03. The molecule has 0 saturated heterocycles. The van der Waals surface area contributed by atoms with Gasteiger partial charge in [-0.2, -0.15) is 5.26 Å². The van der Waals surface area contributed by atoms with Gasteiger partial charge in [0.05, 0.1) is 33.3 Å². The quantitative estimate of drug-likeness (QED) is 0.496. The van der Waals surface area contributed by atoms with Gasteiger partial charge >= 0.3 is 0 Å². The molecule has 1 atom stereocenters.